The van der Waals surface area contributed by atoms with E-state index in [1.165, 1.54) is 7.11 Å². The van der Waals surface area contributed by atoms with Gasteiger partial charge in [-0.3, -0.25) is 0 Å². The summed E-state index contributed by atoms with van der Waals surface area (Å²) in [5.74, 6) is 0.318. The highest BCUT2D eigenvalue weighted by atomic mass is 16.5. The number of anilines is 1. The predicted octanol–water partition coefficient (Wildman–Crippen LogP) is 2.84. The third-order valence-corrected chi connectivity index (χ3v) is 3.00. The molecule has 0 fully saturated rings. The molecule has 0 aromatic heterocycles. The van der Waals surface area contributed by atoms with Crippen LogP contribution in [-0.2, 0) is 4.74 Å². The lowest BCUT2D eigenvalue weighted by Gasteiger charge is -2.11. The van der Waals surface area contributed by atoms with Crippen LogP contribution in [0, 0.1) is 11.3 Å². The quantitative estimate of drug-likeness (QED) is 0.655. The van der Waals surface area contributed by atoms with Crippen molar-refractivity contribution >= 4 is 11.7 Å². The molecule has 2 rings (SSSR count). The number of ether oxygens (including phenoxy) is 2. The largest absolute Gasteiger partial charge is 0.492 e. The fourth-order valence-electron chi connectivity index (χ4n) is 1.91. The van der Waals surface area contributed by atoms with Crippen LogP contribution in [0.25, 0.3) is 0 Å². The molecule has 0 atom stereocenters. The van der Waals surface area contributed by atoms with Crippen molar-refractivity contribution in [2.45, 2.75) is 0 Å². The van der Waals surface area contributed by atoms with Gasteiger partial charge < -0.3 is 14.8 Å². The van der Waals surface area contributed by atoms with Crippen LogP contribution < -0.4 is 10.1 Å². The van der Waals surface area contributed by atoms with Gasteiger partial charge in [-0.05, 0) is 36.4 Å². The summed E-state index contributed by atoms with van der Waals surface area (Å²) in [4.78, 5) is 11.6. The molecule has 0 unspecified atom stereocenters. The zero-order valence-corrected chi connectivity index (χ0v) is 12.2. The monoisotopic (exact) mass is 296 g/mol. The molecule has 112 valence electrons. The van der Waals surface area contributed by atoms with Crippen molar-refractivity contribution in [1.82, 2.24) is 0 Å². The number of carbonyl (C=O) groups excluding carboxylic acids is 1. The summed E-state index contributed by atoms with van der Waals surface area (Å²) in [5, 5.41) is 11.9. The number of esters is 1. The molecule has 22 heavy (non-hydrogen) atoms. The van der Waals surface area contributed by atoms with Crippen molar-refractivity contribution in [3.8, 4) is 11.8 Å². The van der Waals surface area contributed by atoms with E-state index in [2.05, 4.69) is 11.4 Å². The molecule has 5 nitrogen and oxygen atoms in total. The summed E-state index contributed by atoms with van der Waals surface area (Å²) < 4.78 is 10.3. The molecule has 0 aliphatic rings. The predicted molar refractivity (Wildman–Crippen MR) is 82.9 cm³/mol. The number of para-hydroxylation sites is 1. The van der Waals surface area contributed by atoms with Crippen LogP contribution in [0.3, 0.4) is 0 Å². The van der Waals surface area contributed by atoms with Crippen molar-refractivity contribution in [3.63, 3.8) is 0 Å². The molecule has 0 saturated carbocycles. The van der Waals surface area contributed by atoms with Crippen molar-refractivity contribution in [2.75, 3.05) is 25.6 Å². The molecule has 0 spiro atoms. The molecular formula is C17H16N2O3. The topological polar surface area (TPSA) is 71.3 Å². The lowest BCUT2D eigenvalue weighted by Crippen LogP contribution is -2.14. The van der Waals surface area contributed by atoms with Crippen LogP contribution in [0.2, 0.25) is 0 Å². The van der Waals surface area contributed by atoms with Crippen molar-refractivity contribution in [3.05, 3.63) is 59.7 Å². The molecular weight excluding hydrogens is 280 g/mol. The number of benzene rings is 2. The second kappa shape index (κ2) is 7.70. The van der Waals surface area contributed by atoms with Gasteiger partial charge in [0.05, 0.1) is 24.3 Å². The Morgan fingerprint density at radius 3 is 2.59 bits per heavy atom. The van der Waals surface area contributed by atoms with Crippen molar-refractivity contribution < 1.29 is 14.3 Å². The highest BCUT2D eigenvalue weighted by molar-refractivity contribution is 5.95. The van der Waals surface area contributed by atoms with Crippen LogP contribution in [-0.4, -0.2) is 26.2 Å². The zero-order chi connectivity index (χ0) is 15.8. The third kappa shape index (κ3) is 4.00. The molecule has 0 amide bonds. The molecule has 0 aliphatic carbocycles. The van der Waals surface area contributed by atoms with Crippen LogP contribution in [0.5, 0.6) is 5.75 Å². The Balaban J connectivity index is 1.86. The molecule has 0 radical (unpaired) electrons. The van der Waals surface area contributed by atoms with Gasteiger partial charge in [-0.25, -0.2) is 4.79 Å². The van der Waals surface area contributed by atoms with E-state index in [0.29, 0.717) is 35.7 Å². The minimum atomic E-state index is -0.379. The minimum Gasteiger partial charge on any atom is -0.492 e. The number of nitriles is 1. The normalized spacial score (nSPS) is 9.64. The van der Waals surface area contributed by atoms with E-state index in [-0.39, 0.29) is 5.97 Å². The van der Waals surface area contributed by atoms with E-state index >= 15 is 0 Å². The maximum atomic E-state index is 11.6. The summed E-state index contributed by atoms with van der Waals surface area (Å²) in [6.45, 7) is 0.968. The summed E-state index contributed by atoms with van der Waals surface area (Å²) >= 11 is 0. The maximum absolute atomic E-state index is 11.6. The highest BCUT2D eigenvalue weighted by Crippen LogP contribution is 2.16. The molecule has 2 aromatic carbocycles. The lowest BCUT2D eigenvalue weighted by atomic mass is 10.2. The number of nitrogens with one attached hydrogen (secondary N) is 1. The first-order valence-electron chi connectivity index (χ1n) is 6.79. The highest BCUT2D eigenvalue weighted by Gasteiger charge is 2.10. The molecule has 0 saturated heterocycles. The van der Waals surface area contributed by atoms with E-state index in [1.54, 1.807) is 36.4 Å². The molecule has 2 aromatic rings. The van der Waals surface area contributed by atoms with Gasteiger partial charge >= 0.3 is 5.97 Å². The SMILES string of the molecule is COC(=O)c1ccccc1NCCOc1ccc(C#N)cc1. The summed E-state index contributed by atoms with van der Waals surface area (Å²) in [6.07, 6.45) is 0. The number of carbonyl (C=O) groups is 1. The average molecular weight is 296 g/mol. The van der Waals surface area contributed by atoms with Crippen LogP contribution >= 0.6 is 0 Å². The zero-order valence-electron chi connectivity index (χ0n) is 12.2. The summed E-state index contributed by atoms with van der Waals surface area (Å²) in [5.41, 5.74) is 1.79. The number of nitrogens with zero attached hydrogens (tertiary/aromatic N) is 1. The Kier molecular flexibility index (Phi) is 5.38. The van der Waals surface area contributed by atoms with E-state index < -0.39 is 0 Å². The first kappa shape index (κ1) is 15.4. The van der Waals surface area contributed by atoms with E-state index in [0.717, 1.165) is 0 Å². The number of rotatable bonds is 6. The van der Waals surface area contributed by atoms with Gasteiger partial charge in [0, 0.05) is 12.2 Å². The van der Waals surface area contributed by atoms with Crippen LogP contribution in [0.15, 0.2) is 48.5 Å². The molecule has 5 heteroatoms. The number of hydrogen-bond acceptors (Lipinski definition) is 5. The van der Waals surface area contributed by atoms with E-state index in [1.807, 2.05) is 12.1 Å². The fourth-order valence-corrected chi connectivity index (χ4v) is 1.91. The van der Waals surface area contributed by atoms with Gasteiger partial charge in [-0.2, -0.15) is 5.26 Å². The van der Waals surface area contributed by atoms with Gasteiger partial charge in [0.2, 0.25) is 0 Å². The fraction of sp³-hybridized carbons (Fsp3) is 0.176. The molecule has 0 bridgehead atoms. The second-order valence-corrected chi connectivity index (χ2v) is 4.45. The maximum Gasteiger partial charge on any atom is 0.339 e. The van der Waals surface area contributed by atoms with E-state index in [4.69, 9.17) is 14.7 Å². The van der Waals surface area contributed by atoms with Crippen LogP contribution in [0.1, 0.15) is 15.9 Å². The van der Waals surface area contributed by atoms with Gasteiger partial charge in [0.25, 0.3) is 0 Å². The summed E-state index contributed by atoms with van der Waals surface area (Å²) in [6, 6.07) is 16.1. The first-order valence-corrected chi connectivity index (χ1v) is 6.79. The minimum absolute atomic E-state index is 0.379. The van der Waals surface area contributed by atoms with Gasteiger partial charge in [0.1, 0.15) is 12.4 Å². The summed E-state index contributed by atoms with van der Waals surface area (Å²) in [7, 11) is 1.35. The van der Waals surface area contributed by atoms with Crippen molar-refractivity contribution in [1.29, 1.82) is 5.26 Å². The van der Waals surface area contributed by atoms with Gasteiger partial charge in [-0.1, -0.05) is 12.1 Å². The smallest absolute Gasteiger partial charge is 0.339 e. The average Bonchev–Trinajstić information content (AvgIpc) is 2.59. The number of hydrogen-bond donors (Lipinski definition) is 1. The Labute approximate surface area is 129 Å². The Morgan fingerprint density at radius 1 is 1.18 bits per heavy atom. The second-order valence-electron chi connectivity index (χ2n) is 4.45. The van der Waals surface area contributed by atoms with Gasteiger partial charge in [-0.15, -0.1) is 0 Å². The van der Waals surface area contributed by atoms with E-state index in [9.17, 15) is 4.79 Å². The van der Waals surface area contributed by atoms with Gasteiger partial charge in [0.15, 0.2) is 0 Å². The molecule has 1 N–H and O–H groups in total. The Bertz CT molecular complexity index is 675. The lowest BCUT2D eigenvalue weighted by molar-refractivity contribution is 0.0602. The standard InChI is InChI=1S/C17H16N2O3/c1-21-17(20)15-4-2-3-5-16(15)19-10-11-22-14-8-6-13(12-18)7-9-14/h2-9,19H,10-11H2,1H3. The Morgan fingerprint density at radius 2 is 1.91 bits per heavy atom. The van der Waals surface area contributed by atoms with Crippen LogP contribution in [0.4, 0.5) is 5.69 Å². The molecule has 0 heterocycles. The first-order chi connectivity index (χ1) is 10.7. The Hall–Kier alpha value is -3.00. The molecule has 0 aliphatic heterocycles. The van der Waals surface area contributed by atoms with Crippen molar-refractivity contribution in [2.24, 2.45) is 0 Å². The third-order valence-electron chi connectivity index (χ3n) is 3.00. The number of methoxy groups -OCH3 is 1.